The monoisotopic (exact) mass is 424 g/mol. The van der Waals surface area contributed by atoms with Crippen molar-refractivity contribution >= 4 is 28.4 Å². The summed E-state index contributed by atoms with van der Waals surface area (Å²) < 4.78 is 20.1. The molecule has 3 N–H and O–H groups in total. The Morgan fingerprint density at radius 3 is 2.84 bits per heavy atom. The highest BCUT2D eigenvalue weighted by Crippen LogP contribution is 2.36. The number of hydrogen-bond donors (Lipinski definition) is 3. The van der Waals surface area contributed by atoms with E-state index >= 15 is 0 Å². The molecule has 0 spiro atoms. The summed E-state index contributed by atoms with van der Waals surface area (Å²) in [6.45, 7) is 8.71. The van der Waals surface area contributed by atoms with Crippen LogP contribution in [0.15, 0.2) is 29.5 Å². The van der Waals surface area contributed by atoms with Crippen LogP contribution >= 0.6 is 0 Å². The molecule has 0 radical (unpaired) electrons. The summed E-state index contributed by atoms with van der Waals surface area (Å²) in [4.78, 5) is 16.7. The number of aromatic amines is 1. The highest BCUT2D eigenvalue weighted by atomic mass is 19.1. The lowest BCUT2D eigenvalue weighted by Gasteiger charge is -2.26. The first kappa shape index (κ1) is 21.4. The van der Waals surface area contributed by atoms with E-state index in [1.807, 2.05) is 26.1 Å². The normalized spacial score (nSPS) is 17.0. The predicted molar refractivity (Wildman–Crippen MR) is 123 cm³/mol. The van der Waals surface area contributed by atoms with Crippen molar-refractivity contribution in [1.29, 1.82) is 0 Å². The molecule has 0 bridgehead atoms. The molecule has 0 saturated heterocycles. The minimum Gasteiger partial charge on any atom is -0.383 e. The maximum Gasteiger partial charge on any atom is 0.224 e. The van der Waals surface area contributed by atoms with Gasteiger partial charge in [0.05, 0.1) is 6.61 Å². The molecule has 8 heteroatoms. The smallest absolute Gasteiger partial charge is 0.224 e. The Labute approximate surface area is 181 Å². The van der Waals surface area contributed by atoms with Crippen molar-refractivity contribution in [3.8, 4) is 11.1 Å². The van der Waals surface area contributed by atoms with Crippen LogP contribution in [0.2, 0.25) is 0 Å². The fourth-order valence-electron chi connectivity index (χ4n) is 4.02. The summed E-state index contributed by atoms with van der Waals surface area (Å²) in [5.41, 5.74) is 4.61. The average molecular weight is 425 g/mol. The van der Waals surface area contributed by atoms with E-state index in [0.717, 1.165) is 27.8 Å². The molecule has 4 rings (SSSR count). The number of halogens is 1. The van der Waals surface area contributed by atoms with E-state index in [-0.39, 0.29) is 17.9 Å². The number of nitrogens with zero attached hydrogens (tertiary/aromatic N) is 3. The van der Waals surface area contributed by atoms with Gasteiger partial charge in [0.25, 0.3) is 0 Å². The van der Waals surface area contributed by atoms with E-state index in [1.165, 1.54) is 0 Å². The first-order valence-corrected chi connectivity index (χ1v) is 10.6. The predicted octanol–water partition coefficient (Wildman–Crippen LogP) is 4.23. The lowest BCUT2D eigenvalue weighted by molar-refractivity contribution is 0.190. The van der Waals surface area contributed by atoms with Gasteiger partial charge >= 0.3 is 0 Å². The molecule has 3 heterocycles. The van der Waals surface area contributed by atoms with Crippen molar-refractivity contribution in [2.75, 3.05) is 19.0 Å². The van der Waals surface area contributed by atoms with Crippen LogP contribution in [0, 0.1) is 5.82 Å². The number of benzene rings is 1. The zero-order valence-corrected chi connectivity index (χ0v) is 18.6. The lowest BCUT2D eigenvalue weighted by atomic mass is 9.93. The largest absolute Gasteiger partial charge is 0.383 e. The molecule has 1 unspecified atom stereocenters. The van der Waals surface area contributed by atoms with Crippen LogP contribution in [-0.2, 0) is 11.2 Å². The molecule has 7 nitrogen and oxygen atoms in total. The Morgan fingerprint density at radius 1 is 1.29 bits per heavy atom. The molecule has 0 saturated carbocycles. The second-order valence-electron chi connectivity index (χ2n) is 8.46. The zero-order valence-electron chi connectivity index (χ0n) is 18.6. The highest BCUT2D eigenvalue weighted by Gasteiger charge is 2.24. The highest BCUT2D eigenvalue weighted by molar-refractivity contribution is 5.95. The maximum absolute atomic E-state index is 15.0. The van der Waals surface area contributed by atoms with Gasteiger partial charge in [-0.05, 0) is 43.5 Å². The molecule has 164 valence electrons. The van der Waals surface area contributed by atoms with E-state index in [0.29, 0.717) is 36.4 Å². The summed E-state index contributed by atoms with van der Waals surface area (Å²) in [5.74, 6) is 0.214. The molecule has 1 aliphatic rings. The first-order valence-electron chi connectivity index (χ1n) is 10.6. The number of fused-ring (bicyclic) bond motifs is 2. The molecular formula is C23H29FN6O. The van der Waals surface area contributed by atoms with Crippen molar-refractivity contribution in [3.63, 3.8) is 0 Å². The Balaban J connectivity index is 1.67. The Hall–Kier alpha value is -2.84. The van der Waals surface area contributed by atoms with E-state index in [1.54, 1.807) is 19.4 Å². The van der Waals surface area contributed by atoms with Gasteiger partial charge in [-0.25, -0.2) is 9.37 Å². The van der Waals surface area contributed by atoms with Gasteiger partial charge in [-0.2, -0.15) is 4.98 Å². The average Bonchev–Trinajstić information content (AvgIpc) is 3.12. The number of ether oxygens (including phenoxy) is 1. The van der Waals surface area contributed by atoms with Crippen molar-refractivity contribution in [1.82, 2.24) is 20.3 Å². The second kappa shape index (κ2) is 8.72. The van der Waals surface area contributed by atoms with Gasteiger partial charge in [-0.3, -0.25) is 4.99 Å². The summed E-state index contributed by atoms with van der Waals surface area (Å²) in [6, 6.07) is 4.09. The second-order valence-corrected chi connectivity index (χ2v) is 8.46. The Kier molecular flexibility index (Phi) is 6.02. The van der Waals surface area contributed by atoms with E-state index in [9.17, 15) is 4.39 Å². The zero-order chi connectivity index (χ0) is 22.1. The van der Waals surface area contributed by atoms with Crippen molar-refractivity contribution in [3.05, 3.63) is 35.9 Å². The number of H-pyrrole nitrogens is 1. The van der Waals surface area contributed by atoms with Crippen LogP contribution < -0.4 is 10.6 Å². The number of anilines is 1. The lowest BCUT2D eigenvalue weighted by Crippen LogP contribution is -2.42. The number of hydrogen-bond acceptors (Lipinski definition) is 6. The quantitative estimate of drug-likeness (QED) is 0.528. The van der Waals surface area contributed by atoms with Crippen LogP contribution in [0.4, 0.5) is 16.0 Å². The standard InChI is InChI=1S/C23H29FN6O/c1-12(2)27-20-8-16-6-15(7-19(24)21(16)29-14(20)4)17-9-25-22-18(17)10-26-23(30-22)28-13(3)11-31-5/h6-7,9-10,12-13,20,27H,8,11H2,1-5H3,(H2,25,26,28,30)/t13-,20?/m0/s1. The Bertz CT molecular complexity index is 1120. The summed E-state index contributed by atoms with van der Waals surface area (Å²) in [5, 5.41) is 7.56. The van der Waals surface area contributed by atoms with E-state index in [4.69, 9.17) is 4.74 Å². The van der Waals surface area contributed by atoms with Crippen LogP contribution in [0.1, 0.15) is 33.3 Å². The summed E-state index contributed by atoms with van der Waals surface area (Å²) >= 11 is 0. The molecule has 1 aliphatic heterocycles. The number of rotatable bonds is 7. The van der Waals surface area contributed by atoms with Crippen LogP contribution in [0.5, 0.6) is 0 Å². The van der Waals surface area contributed by atoms with E-state index < -0.39 is 0 Å². The molecule has 3 aromatic rings. The summed E-state index contributed by atoms with van der Waals surface area (Å²) in [7, 11) is 1.66. The third-order valence-electron chi connectivity index (χ3n) is 5.43. The topological polar surface area (TPSA) is 87.2 Å². The SMILES string of the molecule is COC[C@H](C)Nc1ncc2c(-c3cc(F)c4c(c3)CC(NC(C)C)C(C)=N4)c[nH]c2n1. The van der Waals surface area contributed by atoms with Crippen molar-refractivity contribution in [2.45, 2.75) is 52.2 Å². The van der Waals surface area contributed by atoms with Crippen molar-refractivity contribution < 1.29 is 9.13 Å². The third kappa shape index (κ3) is 4.45. The van der Waals surface area contributed by atoms with Gasteiger partial charge in [0.15, 0.2) is 0 Å². The molecule has 0 fully saturated rings. The van der Waals surface area contributed by atoms with Crippen molar-refractivity contribution in [2.24, 2.45) is 4.99 Å². The number of aliphatic imine (C=N–C) groups is 1. The van der Waals surface area contributed by atoms with Crippen LogP contribution in [-0.4, -0.2) is 52.5 Å². The fourth-order valence-corrected chi connectivity index (χ4v) is 4.02. The van der Waals surface area contributed by atoms with Gasteiger partial charge in [0, 0.05) is 54.3 Å². The Morgan fingerprint density at radius 2 is 2.10 bits per heavy atom. The minimum absolute atomic E-state index is 0.0861. The molecule has 2 aromatic heterocycles. The molecular weight excluding hydrogens is 395 g/mol. The van der Waals surface area contributed by atoms with Crippen LogP contribution in [0.3, 0.4) is 0 Å². The molecule has 0 aliphatic carbocycles. The summed E-state index contributed by atoms with van der Waals surface area (Å²) in [6.07, 6.45) is 4.32. The van der Waals surface area contributed by atoms with Gasteiger partial charge in [0.2, 0.25) is 5.95 Å². The number of methoxy groups -OCH3 is 1. The molecule has 31 heavy (non-hydrogen) atoms. The number of nitrogens with one attached hydrogen (secondary N) is 3. The van der Waals surface area contributed by atoms with Gasteiger partial charge in [0.1, 0.15) is 17.2 Å². The van der Waals surface area contributed by atoms with Crippen LogP contribution in [0.25, 0.3) is 22.2 Å². The molecule has 0 amide bonds. The van der Waals surface area contributed by atoms with E-state index in [2.05, 4.69) is 44.4 Å². The van der Waals surface area contributed by atoms with Gasteiger partial charge in [-0.1, -0.05) is 13.8 Å². The van der Waals surface area contributed by atoms with Gasteiger partial charge < -0.3 is 20.4 Å². The number of aromatic nitrogens is 3. The fraction of sp³-hybridized carbons (Fsp3) is 0.435. The first-order chi connectivity index (χ1) is 14.9. The minimum atomic E-state index is -0.309. The maximum atomic E-state index is 15.0. The third-order valence-corrected chi connectivity index (χ3v) is 5.43. The molecule has 2 atom stereocenters. The molecule has 1 aromatic carbocycles. The van der Waals surface area contributed by atoms with Gasteiger partial charge in [-0.15, -0.1) is 0 Å².